The molecule has 0 bridgehead atoms. The van der Waals surface area contributed by atoms with Crippen LogP contribution in [0.4, 0.5) is 0 Å². The lowest BCUT2D eigenvalue weighted by Gasteiger charge is -2.01. The number of rotatable bonds is 3. The van der Waals surface area contributed by atoms with E-state index >= 15 is 0 Å². The van der Waals surface area contributed by atoms with E-state index in [1.807, 2.05) is 6.92 Å². The summed E-state index contributed by atoms with van der Waals surface area (Å²) in [6, 6.07) is 4.98. The van der Waals surface area contributed by atoms with Crippen molar-refractivity contribution in [3.8, 4) is 18.2 Å². The Bertz CT molecular complexity index is 405. The molecule has 0 saturated carbocycles. The van der Waals surface area contributed by atoms with Crippen LogP contribution in [0.2, 0.25) is 0 Å². The van der Waals surface area contributed by atoms with Gasteiger partial charge in [-0.3, -0.25) is 0 Å². The molecule has 5 heteroatoms. The largest absolute Gasteiger partial charge is 0.762 e. The van der Waals surface area contributed by atoms with E-state index in [9.17, 15) is 0 Å². The first kappa shape index (κ1) is 12.0. The topological polar surface area (TPSA) is 93.7 Å². The SMILES string of the molecule is CCSC(C(=C=[N-])C#N)=C(C#N)C#N. The average molecular weight is 201 g/mol. The molecule has 0 N–H and O–H groups in total. The molecule has 0 radical (unpaired) electrons. The lowest BCUT2D eigenvalue weighted by Crippen LogP contribution is -1.89. The van der Waals surface area contributed by atoms with Crippen molar-refractivity contribution in [2.24, 2.45) is 0 Å². The van der Waals surface area contributed by atoms with Crippen LogP contribution in [0.3, 0.4) is 0 Å². The molecule has 0 heterocycles. The van der Waals surface area contributed by atoms with E-state index in [1.165, 1.54) is 0 Å². The van der Waals surface area contributed by atoms with Gasteiger partial charge in [0.2, 0.25) is 0 Å². The Labute approximate surface area is 86.3 Å². The van der Waals surface area contributed by atoms with Crippen LogP contribution in [0.15, 0.2) is 16.1 Å². The molecule has 0 unspecified atom stereocenters. The van der Waals surface area contributed by atoms with E-state index in [2.05, 4.69) is 0 Å². The van der Waals surface area contributed by atoms with Gasteiger partial charge in [0.25, 0.3) is 0 Å². The summed E-state index contributed by atoms with van der Waals surface area (Å²) in [5.74, 6) is 2.25. The van der Waals surface area contributed by atoms with E-state index in [4.69, 9.17) is 21.2 Å². The molecule has 0 fully saturated rings. The molecule has 4 nitrogen and oxygen atoms in total. The quantitative estimate of drug-likeness (QED) is 0.394. The maximum absolute atomic E-state index is 8.59. The van der Waals surface area contributed by atoms with Crippen LogP contribution < -0.4 is 0 Å². The Morgan fingerprint density at radius 1 is 1.21 bits per heavy atom. The smallest absolute Gasteiger partial charge is 0.145 e. The number of thioether (sulfide) groups is 1. The molecule has 14 heavy (non-hydrogen) atoms. The van der Waals surface area contributed by atoms with Crippen molar-refractivity contribution >= 4 is 17.6 Å². The fraction of sp³-hybridized carbons (Fsp3) is 0.222. The van der Waals surface area contributed by atoms with Gasteiger partial charge in [-0.25, -0.2) is 5.87 Å². The number of nitrogens with zero attached hydrogens (tertiary/aromatic N) is 4. The molecule has 0 aromatic heterocycles. The summed E-state index contributed by atoms with van der Waals surface area (Å²) >= 11 is 1.14. The molecule has 0 aromatic carbocycles. The third-order valence-electron chi connectivity index (χ3n) is 1.19. The summed E-state index contributed by atoms with van der Waals surface area (Å²) in [6.45, 7) is 1.81. The van der Waals surface area contributed by atoms with Gasteiger partial charge in [0.1, 0.15) is 23.8 Å². The lowest BCUT2D eigenvalue weighted by molar-refractivity contribution is 1.44. The molecule has 0 aromatic rings. The molecule has 0 saturated heterocycles. The monoisotopic (exact) mass is 201 g/mol. The summed E-state index contributed by atoms with van der Waals surface area (Å²) < 4.78 is 0. The Morgan fingerprint density at radius 2 is 1.79 bits per heavy atom. The molecule has 0 atom stereocenters. The first-order valence-corrected chi connectivity index (χ1v) is 4.58. The predicted octanol–water partition coefficient (Wildman–Crippen LogP) is 1.73. The van der Waals surface area contributed by atoms with Crippen molar-refractivity contribution in [2.75, 3.05) is 5.75 Å². The number of nitriles is 3. The van der Waals surface area contributed by atoms with Crippen LogP contribution in [0, 0.1) is 34.0 Å². The maximum Gasteiger partial charge on any atom is 0.145 e. The van der Waals surface area contributed by atoms with Gasteiger partial charge in [-0.05, 0) is 5.75 Å². The molecular weight excluding hydrogens is 196 g/mol. The van der Waals surface area contributed by atoms with E-state index in [1.54, 1.807) is 24.1 Å². The predicted molar refractivity (Wildman–Crippen MR) is 53.9 cm³/mol. The second-order valence-corrected chi connectivity index (χ2v) is 3.23. The third-order valence-corrected chi connectivity index (χ3v) is 2.18. The molecule has 0 aliphatic heterocycles. The minimum atomic E-state index is -0.185. The summed E-state index contributed by atoms with van der Waals surface area (Å²) in [5.41, 5.74) is -0.370. The fourth-order valence-electron chi connectivity index (χ4n) is 0.667. The molecular formula is C9H5N4S-. The third kappa shape index (κ3) is 2.81. The highest BCUT2D eigenvalue weighted by molar-refractivity contribution is 8.03. The van der Waals surface area contributed by atoms with Crippen LogP contribution in [-0.2, 0) is 0 Å². The summed E-state index contributed by atoms with van der Waals surface area (Å²) in [4.78, 5) is 0.169. The second-order valence-electron chi connectivity index (χ2n) is 1.96. The van der Waals surface area contributed by atoms with E-state index in [-0.39, 0.29) is 16.1 Å². The molecule has 68 valence electrons. The summed E-state index contributed by atoms with van der Waals surface area (Å²) in [6.07, 6.45) is 0. The van der Waals surface area contributed by atoms with Crippen molar-refractivity contribution < 1.29 is 0 Å². The van der Waals surface area contributed by atoms with Crippen LogP contribution in [0.5, 0.6) is 0 Å². The number of hydrogen-bond acceptors (Lipinski definition) is 4. The second kappa shape index (κ2) is 6.52. The minimum Gasteiger partial charge on any atom is -0.762 e. The molecule has 0 amide bonds. The van der Waals surface area contributed by atoms with Crippen LogP contribution in [-0.4, -0.2) is 11.6 Å². The highest BCUT2D eigenvalue weighted by atomic mass is 32.2. The number of hydrogen-bond donors (Lipinski definition) is 0. The zero-order valence-electron chi connectivity index (χ0n) is 7.40. The first-order chi connectivity index (χ1) is 6.74. The highest BCUT2D eigenvalue weighted by Crippen LogP contribution is 2.25. The van der Waals surface area contributed by atoms with Crippen molar-refractivity contribution in [3.05, 3.63) is 21.5 Å². The van der Waals surface area contributed by atoms with Crippen molar-refractivity contribution in [1.82, 2.24) is 0 Å². The van der Waals surface area contributed by atoms with Gasteiger partial charge in [-0.1, -0.05) is 6.92 Å². The highest BCUT2D eigenvalue weighted by Gasteiger charge is 2.09. The Hall–Kier alpha value is -1.99. The van der Waals surface area contributed by atoms with E-state index < -0.39 is 0 Å². The van der Waals surface area contributed by atoms with Crippen LogP contribution >= 0.6 is 11.8 Å². The first-order valence-electron chi connectivity index (χ1n) is 3.59. The molecule has 0 aliphatic rings. The number of allylic oxidation sites excluding steroid dienone is 2. The van der Waals surface area contributed by atoms with Crippen molar-refractivity contribution in [3.63, 3.8) is 0 Å². The lowest BCUT2D eigenvalue weighted by atomic mass is 10.2. The average Bonchev–Trinajstić information content (AvgIpc) is 2.21. The summed E-state index contributed by atoms with van der Waals surface area (Å²) in [7, 11) is 0. The Kier molecular flexibility index (Phi) is 5.59. The van der Waals surface area contributed by atoms with Gasteiger partial charge >= 0.3 is 0 Å². The van der Waals surface area contributed by atoms with E-state index in [0.717, 1.165) is 11.8 Å². The van der Waals surface area contributed by atoms with Crippen molar-refractivity contribution in [2.45, 2.75) is 6.92 Å². The van der Waals surface area contributed by atoms with Gasteiger partial charge in [-0.2, -0.15) is 15.8 Å². The Morgan fingerprint density at radius 3 is 2.07 bits per heavy atom. The normalized spacial score (nSPS) is 7.29. The van der Waals surface area contributed by atoms with E-state index in [0.29, 0.717) is 5.75 Å². The molecule has 0 rings (SSSR count). The summed E-state index contributed by atoms with van der Waals surface area (Å²) in [5, 5.41) is 34.3. The Balaban J connectivity index is 5.52. The van der Waals surface area contributed by atoms with Gasteiger partial charge in [0.05, 0.1) is 10.5 Å². The zero-order chi connectivity index (χ0) is 11.0. The molecule has 0 aliphatic carbocycles. The van der Waals surface area contributed by atoms with Gasteiger partial charge in [0, 0.05) is 0 Å². The minimum absolute atomic E-state index is 0.169. The standard InChI is InChI=1S/C9H5N4S/c1-2-14-9(7(3-10)4-11)8(5-12)6-13/h2H2,1H3/q-1. The maximum atomic E-state index is 8.59. The van der Waals surface area contributed by atoms with Gasteiger partial charge < -0.3 is 5.41 Å². The van der Waals surface area contributed by atoms with Gasteiger partial charge in [0.15, 0.2) is 0 Å². The van der Waals surface area contributed by atoms with Crippen LogP contribution in [0.25, 0.3) is 5.41 Å². The van der Waals surface area contributed by atoms with Gasteiger partial charge in [-0.15, -0.1) is 11.8 Å². The van der Waals surface area contributed by atoms with Crippen LogP contribution in [0.1, 0.15) is 6.92 Å². The zero-order valence-corrected chi connectivity index (χ0v) is 8.22. The van der Waals surface area contributed by atoms with Crippen molar-refractivity contribution in [1.29, 1.82) is 15.8 Å². The fourth-order valence-corrected chi connectivity index (χ4v) is 1.43. The molecule has 0 spiro atoms.